The number of carboxylic acid groups (broad SMARTS) is 1. The first-order valence-corrected chi connectivity index (χ1v) is 7.48. The summed E-state index contributed by atoms with van der Waals surface area (Å²) in [6.45, 7) is 0.954. The molecule has 6 nitrogen and oxygen atoms in total. The molecule has 2 fully saturated rings. The summed E-state index contributed by atoms with van der Waals surface area (Å²) >= 11 is 0. The second-order valence-electron chi connectivity index (χ2n) is 5.79. The highest BCUT2D eigenvalue weighted by molar-refractivity contribution is 5.79. The van der Waals surface area contributed by atoms with Gasteiger partial charge in [-0.2, -0.15) is 0 Å². The van der Waals surface area contributed by atoms with Gasteiger partial charge in [0.1, 0.15) is 0 Å². The number of hydrogen-bond donors (Lipinski definition) is 3. The zero-order chi connectivity index (χ0) is 14.5. The molecule has 20 heavy (non-hydrogen) atoms. The van der Waals surface area contributed by atoms with Crippen molar-refractivity contribution in [1.82, 2.24) is 5.32 Å². The molecule has 1 saturated heterocycles. The molecular weight excluding hydrogens is 260 g/mol. The third-order valence-electron chi connectivity index (χ3n) is 4.44. The van der Waals surface area contributed by atoms with Crippen LogP contribution in [0.5, 0.6) is 0 Å². The van der Waals surface area contributed by atoms with Crippen molar-refractivity contribution in [3.8, 4) is 0 Å². The average Bonchev–Trinajstić information content (AvgIpc) is 2.94. The largest absolute Gasteiger partial charge is 0.479 e. The molecule has 4 N–H and O–H groups in total. The predicted molar refractivity (Wildman–Crippen MR) is 73.0 cm³/mol. The van der Waals surface area contributed by atoms with Crippen LogP contribution >= 0.6 is 0 Å². The second kappa shape index (κ2) is 7.04. The van der Waals surface area contributed by atoms with Gasteiger partial charge in [0, 0.05) is 12.5 Å². The Labute approximate surface area is 119 Å². The smallest absolute Gasteiger partial charge is 0.332 e. The first-order chi connectivity index (χ1) is 9.61. The molecule has 0 bridgehead atoms. The summed E-state index contributed by atoms with van der Waals surface area (Å²) < 4.78 is 5.37. The maximum Gasteiger partial charge on any atom is 0.332 e. The van der Waals surface area contributed by atoms with Crippen LogP contribution in [0.4, 0.5) is 0 Å². The average molecular weight is 284 g/mol. The maximum atomic E-state index is 12.2. The number of nitrogens with two attached hydrogens (primary N) is 1. The molecular formula is C14H24N2O4. The number of carbonyl (C=O) groups is 2. The Kier molecular flexibility index (Phi) is 5.37. The van der Waals surface area contributed by atoms with Gasteiger partial charge in [-0.1, -0.05) is 12.8 Å². The van der Waals surface area contributed by atoms with Gasteiger partial charge in [0.05, 0.1) is 6.10 Å². The molecule has 1 saturated carbocycles. The van der Waals surface area contributed by atoms with Crippen molar-refractivity contribution in [2.24, 2.45) is 17.6 Å². The highest BCUT2D eigenvalue weighted by Gasteiger charge is 2.33. The van der Waals surface area contributed by atoms with Gasteiger partial charge in [0.25, 0.3) is 0 Å². The van der Waals surface area contributed by atoms with E-state index < -0.39 is 12.1 Å². The lowest BCUT2D eigenvalue weighted by molar-refractivity contribution is -0.149. The highest BCUT2D eigenvalue weighted by Crippen LogP contribution is 2.29. The Morgan fingerprint density at radius 1 is 1.20 bits per heavy atom. The summed E-state index contributed by atoms with van der Waals surface area (Å²) in [4.78, 5) is 23.0. The fraction of sp³-hybridized carbons (Fsp3) is 0.857. The minimum absolute atomic E-state index is 0.00502. The molecule has 1 aliphatic carbocycles. The lowest BCUT2D eigenvalue weighted by atomic mass is 9.79. The molecule has 2 aliphatic rings. The summed E-state index contributed by atoms with van der Waals surface area (Å²) in [7, 11) is 0. The van der Waals surface area contributed by atoms with Crippen molar-refractivity contribution in [2.75, 3.05) is 13.1 Å². The molecule has 6 heteroatoms. The van der Waals surface area contributed by atoms with E-state index in [0.29, 0.717) is 25.9 Å². The molecule has 0 aromatic carbocycles. The number of ether oxygens (including phenoxy) is 1. The van der Waals surface area contributed by atoms with E-state index in [4.69, 9.17) is 15.6 Å². The Balaban J connectivity index is 1.76. The minimum Gasteiger partial charge on any atom is -0.479 e. The molecule has 0 aromatic rings. The molecule has 1 amide bonds. The van der Waals surface area contributed by atoms with Crippen molar-refractivity contribution in [1.29, 1.82) is 0 Å². The number of aliphatic carboxylic acids is 1. The first kappa shape index (κ1) is 15.3. The second-order valence-corrected chi connectivity index (χ2v) is 5.79. The van der Waals surface area contributed by atoms with Crippen LogP contribution in [0, 0.1) is 11.8 Å². The Morgan fingerprint density at radius 3 is 2.60 bits per heavy atom. The quantitative estimate of drug-likeness (QED) is 0.682. The van der Waals surface area contributed by atoms with Gasteiger partial charge in [-0.05, 0) is 38.1 Å². The Morgan fingerprint density at radius 2 is 1.95 bits per heavy atom. The van der Waals surface area contributed by atoms with Gasteiger partial charge in [-0.3, -0.25) is 4.79 Å². The SMILES string of the molecule is NCC1CCCCC1C(=O)NCC1CCC(C(=O)O)O1. The van der Waals surface area contributed by atoms with Crippen molar-refractivity contribution in [3.05, 3.63) is 0 Å². The van der Waals surface area contributed by atoms with E-state index >= 15 is 0 Å². The predicted octanol–water partition coefficient (Wildman–Crippen LogP) is 0.500. The van der Waals surface area contributed by atoms with Gasteiger partial charge in [-0.15, -0.1) is 0 Å². The van der Waals surface area contributed by atoms with Gasteiger partial charge >= 0.3 is 5.97 Å². The van der Waals surface area contributed by atoms with Gasteiger partial charge in [0.2, 0.25) is 5.91 Å². The molecule has 114 valence electrons. The Hall–Kier alpha value is -1.14. The first-order valence-electron chi connectivity index (χ1n) is 7.48. The molecule has 2 rings (SSSR count). The van der Waals surface area contributed by atoms with Crippen LogP contribution in [0.3, 0.4) is 0 Å². The topological polar surface area (TPSA) is 102 Å². The molecule has 1 aliphatic heterocycles. The van der Waals surface area contributed by atoms with Gasteiger partial charge in [0.15, 0.2) is 6.10 Å². The van der Waals surface area contributed by atoms with Crippen LogP contribution in [0.15, 0.2) is 0 Å². The number of carboxylic acids is 1. The molecule has 4 atom stereocenters. The number of hydrogen-bond acceptors (Lipinski definition) is 4. The van der Waals surface area contributed by atoms with Gasteiger partial charge in [-0.25, -0.2) is 4.79 Å². The van der Waals surface area contributed by atoms with Crippen LogP contribution in [0.25, 0.3) is 0 Å². The van der Waals surface area contributed by atoms with E-state index in [1.54, 1.807) is 0 Å². The number of rotatable bonds is 5. The molecule has 0 radical (unpaired) electrons. The lowest BCUT2D eigenvalue weighted by Crippen LogP contribution is -2.42. The van der Waals surface area contributed by atoms with Crippen LogP contribution in [-0.4, -0.2) is 42.3 Å². The number of nitrogens with one attached hydrogen (secondary N) is 1. The van der Waals surface area contributed by atoms with Crippen LogP contribution in [0.1, 0.15) is 38.5 Å². The molecule has 0 spiro atoms. The summed E-state index contributed by atoms with van der Waals surface area (Å²) in [6.07, 6.45) is 4.45. The summed E-state index contributed by atoms with van der Waals surface area (Å²) in [5, 5.41) is 11.8. The minimum atomic E-state index is -0.922. The number of amides is 1. The molecule has 0 aromatic heterocycles. The standard InChI is InChI=1S/C14H24N2O4/c15-7-9-3-1-2-4-11(9)13(17)16-8-10-5-6-12(20-10)14(18)19/h9-12H,1-8,15H2,(H,16,17)(H,18,19). The highest BCUT2D eigenvalue weighted by atomic mass is 16.5. The van der Waals surface area contributed by atoms with E-state index in [1.165, 1.54) is 0 Å². The van der Waals surface area contributed by atoms with E-state index in [-0.39, 0.29) is 23.8 Å². The van der Waals surface area contributed by atoms with Crippen LogP contribution in [0.2, 0.25) is 0 Å². The van der Waals surface area contributed by atoms with Crippen molar-refractivity contribution in [3.63, 3.8) is 0 Å². The van der Waals surface area contributed by atoms with E-state index in [1.807, 2.05) is 0 Å². The molecule has 1 heterocycles. The monoisotopic (exact) mass is 284 g/mol. The Bertz CT molecular complexity index is 361. The van der Waals surface area contributed by atoms with Crippen molar-refractivity contribution >= 4 is 11.9 Å². The lowest BCUT2D eigenvalue weighted by Gasteiger charge is -2.29. The zero-order valence-corrected chi connectivity index (χ0v) is 11.7. The number of carbonyl (C=O) groups excluding carboxylic acids is 1. The fourth-order valence-corrected chi connectivity index (χ4v) is 3.22. The van der Waals surface area contributed by atoms with Gasteiger partial charge < -0.3 is 20.9 Å². The third-order valence-corrected chi connectivity index (χ3v) is 4.44. The van der Waals surface area contributed by atoms with E-state index in [0.717, 1.165) is 25.7 Å². The van der Waals surface area contributed by atoms with E-state index in [9.17, 15) is 9.59 Å². The zero-order valence-electron chi connectivity index (χ0n) is 11.7. The normalized spacial score (nSPS) is 33.9. The third kappa shape index (κ3) is 3.70. The van der Waals surface area contributed by atoms with Crippen molar-refractivity contribution < 1.29 is 19.4 Å². The van der Waals surface area contributed by atoms with Crippen LogP contribution < -0.4 is 11.1 Å². The van der Waals surface area contributed by atoms with E-state index in [2.05, 4.69) is 5.32 Å². The van der Waals surface area contributed by atoms with Crippen molar-refractivity contribution in [2.45, 2.75) is 50.7 Å². The molecule has 4 unspecified atom stereocenters. The summed E-state index contributed by atoms with van der Waals surface area (Å²) in [5.74, 6) is -0.595. The summed E-state index contributed by atoms with van der Waals surface area (Å²) in [6, 6.07) is 0. The fourth-order valence-electron chi connectivity index (χ4n) is 3.22. The maximum absolute atomic E-state index is 12.2. The summed E-state index contributed by atoms with van der Waals surface area (Å²) in [5.41, 5.74) is 5.73. The van der Waals surface area contributed by atoms with Crippen LogP contribution in [-0.2, 0) is 14.3 Å².